The second kappa shape index (κ2) is 3.15. The van der Waals surface area contributed by atoms with Crippen LogP contribution in [-0.2, 0) is 0 Å². The molecule has 0 amide bonds. The number of rotatable bonds is 0. The van der Waals surface area contributed by atoms with Crippen molar-refractivity contribution in [3.8, 4) is 0 Å². The Labute approximate surface area is 84.2 Å². The van der Waals surface area contributed by atoms with Gasteiger partial charge >= 0.3 is 0 Å². The highest BCUT2D eigenvalue weighted by atomic mass is 79.9. The van der Waals surface area contributed by atoms with E-state index in [1.165, 1.54) is 0 Å². The van der Waals surface area contributed by atoms with Crippen molar-refractivity contribution in [3.05, 3.63) is 46.4 Å². The Morgan fingerprint density at radius 2 is 1.92 bits per heavy atom. The molecule has 1 aromatic carbocycles. The first kappa shape index (κ1) is 8.21. The molecule has 0 N–H and O–H groups in total. The van der Waals surface area contributed by atoms with Crippen LogP contribution in [0.25, 0.3) is 15.6 Å². The Kier molecular flexibility index (Phi) is 1.99. The van der Waals surface area contributed by atoms with E-state index >= 15 is 0 Å². The minimum absolute atomic E-state index is 0.457. The maximum Gasteiger partial charge on any atom is 0.277 e. The maximum atomic E-state index is 6.94. The highest BCUT2D eigenvalue weighted by Gasteiger charge is 2.04. The van der Waals surface area contributed by atoms with Gasteiger partial charge in [-0.2, -0.15) is 0 Å². The van der Waals surface area contributed by atoms with Gasteiger partial charge in [-0.15, -0.1) is 4.98 Å². The molecule has 0 aliphatic heterocycles. The summed E-state index contributed by atoms with van der Waals surface area (Å²) in [6.45, 7) is 6.94. The van der Waals surface area contributed by atoms with E-state index in [1.807, 2.05) is 24.3 Å². The van der Waals surface area contributed by atoms with E-state index in [4.69, 9.17) is 6.57 Å². The zero-order chi connectivity index (χ0) is 9.26. The van der Waals surface area contributed by atoms with Crippen LogP contribution in [-0.4, -0.2) is 4.98 Å². The lowest BCUT2D eigenvalue weighted by Gasteiger charge is -1.99. The van der Waals surface area contributed by atoms with Gasteiger partial charge in [0, 0.05) is 5.39 Å². The molecule has 0 unspecified atom stereocenters. The van der Waals surface area contributed by atoms with Gasteiger partial charge in [-0.05, 0) is 21.3 Å². The molecule has 62 valence electrons. The number of nitrogens with zero attached hydrogens (tertiary/aromatic N) is 2. The lowest BCUT2D eigenvalue weighted by Crippen LogP contribution is -1.78. The third-order valence-corrected chi connectivity index (χ3v) is 2.46. The fraction of sp³-hybridized carbons (Fsp3) is 0. The van der Waals surface area contributed by atoms with Gasteiger partial charge < -0.3 is 4.85 Å². The largest absolute Gasteiger partial charge is 0.360 e. The molecule has 0 aliphatic rings. The molecule has 0 saturated heterocycles. The van der Waals surface area contributed by atoms with E-state index in [2.05, 4.69) is 25.8 Å². The predicted octanol–water partition coefficient (Wildman–Crippen LogP) is 3.55. The van der Waals surface area contributed by atoms with Gasteiger partial charge in [0.2, 0.25) is 0 Å². The van der Waals surface area contributed by atoms with E-state index in [-0.39, 0.29) is 0 Å². The summed E-state index contributed by atoms with van der Waals surface area (Å²) in [7, 11) is 0. The van der Waals surface area contributed by atoms with Crippen LogP contribution in [0.1, 0.15) is 0 Å². The van der Waals surface area contributed by atoms with Crippen LogP contribution in [0.4, 0.5) is 5.82 Å². The first-order valence-corrected chi connectivity index (χ1v) is 4.53. The summed E-state index contributed by atoms with van der Waals surface area (Å²) in [5, 5.41) is 1.93. The quantitative estimate of drug-likeness (QED) is 0.636. The van der Waals surface area contributed by atoms with Gasteiger partial charge in [-0.1, -0.05) is 30.8 Å². The Bertz CT molecular complexity index is 500. The van der Waals surface area contributed by atoms with Crippen molar-refractivity contribution >= 4 is 32.5 Å². The van der Waals surface area contributed by atoms with Crippen LogP contribution in [0.3, 0.4) is 0 Å². The van der Waals surface area contributed by atoms with E-state index in [0.717, 1.165) is 15.2 Å². The smallest absolute Gasteiger partial charge is 0.277 e. The molecular weight excluding hydrogens is 228 g/mol. The molecule has 0 radical (unpaired) electrons. The Morgan fingerprint density at radius 1 is 1.23 bits per heavy atom. The van der Waals surface area contributed by atoms with Gasteiger partial charge in [-0.25, -0.2) is 0 Å². The van der Waals surface area contributed by atoms with Gasteiger partial charge in [-0.3, -0.25) is 0 Å². The predicted molar refractivity (Wildman–Crippen MR) is 55.7 cm³/mol. The monoisotopic (exact) mass is 232 g/mol. The topological polar surface area (TPSA) is 17.2 Å². The molecule has 2 rings (SSSR count). The number of pyridine rings is 1. The number of hydrogen-bond acceptors (Lipinski definition) is 1. The van der Waals surface area contributed by atoms with Crippen molar-refractivity contribution in [2.75, 3.05) is 0 Å². The molecular formula is C10H5BrN2. The molecule has 0 atom stereocenters. The van der Waals surface area contributed by atoms with Crippen LogP contribution >= 0.6 is 15.9 Å². The summed E-state index contributed by atoms with van der Waals surface area (Å²) in [6.07, 6.45) is 1.66. The normalized spacial score (nSPS) is 9.85. The number of halogens is 1. The van der Waals surface area contributed by atoms with Crippen molar-refractivity contribution in [3.63, 3.8) is 0 Å². The maximum absolute atomic E-state index is 6.94. The van der Waals surface area contributed by atoms with E-state index in [0.29, 0.717) is 5.82 Å². The van der Waals surface area contributed by atoms with Crippen molar-refractivity contribution in [1.82, 2.24) is 4.98 Å². The lowest BCUT2D eigenvalue weighted by molar-refractivity contribution is 1.37. The molecule has 0 saturated carbocycles. The molecule has 0 spiro atoms. The number of fused-ring (bicyclic) bond motifs is 1. The molecule has 1 heterocycles. The third kappa shape index (κ3) is 1.30. The molecule has 2 nitrogen and oxygen atoms in total. The van der Waals surface area contributed by atoms with Crippen molar-refractivity contribution in [2.24, 2.45) is 0 Å². The summed E-state index contributed by atoms with van der Waals surface area (Å²) in [5.41, 5.74) is 0. The zero-order valence-electron chi connectivity index (χ0n) is 6.66. The van der Waals surface area contributed by atoms with E-state index < -0.39 is 0 Å². The first-order chi connectivity index (χ1) is 6.33. The standard InChI is InChI=1S/C10H5BrN2/c1-12-10-8-5-3-2-4-7(8)9(11)6-13-10/h2-6H. The summed E-state index contributed by atoms with van der Waals surface area (Å²) >= 11 is 3.39. The molecule has 13 heavy (non-hydrogen) atoms. The van der Waals surface area contributed by atoms with Gasteiger partial charge in [0.05, 0.1) is 4.47 Å². The molecule has 0 aliphatic carbocycles. The van der Waals surface area contributed by atoms with Gasteiger partial charge in [0.15, 0.2) is 0 Å². The second-order valence-corrected chi connectivity index (χ2v) is 3.44. The average molecular weight is 233 g/mol. The number of aromatic nitrogens is 1. The van der Waals surface area contributed by atoms with Crippen LogP contribution < -0.4 is 0 Å². The fourth-order valence-electron chi connectivity index (χ4n) is 1.23. The Hall–Kier alpha value is -1.40. The zero-order valence-corrected chi connectivity index (χ0v) is 8.25. The van der Waals surface area contributed by atoms with Gasteiger partial charge in [0.25, 0.3) is 5.82 Å². The highest BCUT2D eigenvalue weighted by molar-refractivity contribution is 9.10. The van der Waals surface area contributed by atoms with Crippen molar-refractivity contribution in [1.29, 1.82) is 0 Å². The molecule has 1 aromatic heterocycles. The molecule has 3 heteroatoms. The first-order valence-electron chi connectivity index (χ1n) is 3.73. The molecule has 2 aromatic rings. The minimum atomic E-state index is 0.457. The SMILES string of the molecule is [C-]#[N+]c1ncc(Br)c2ccccc12. The summed E-state index contributed by atoms with van der Waals surface area (Å²) in [6, 6.07) is 7.72. The number of benzene rings is 1. The fourth-order valence-corrected chi connectivity index (χ4v) is 1.68. The lowest BCUT2D eigenvalue weighted by atomic mass is 10.2. The van der Waals surface area contributed by atoms with Gasteiger partial charge in [0.1, 0.15) is 6.20 Å². The second-order valence-electron chi connectivity index (χ2n) is 2.59. The van der Waals surface area contributed by atoms with Crippen LogP contribution in [0, 0.1) is 6.57 Å². The van der Waals surface area contributed by atoms with E-state index in [9.17, 15) is 0 Å². The Balaban J connectivity index is 2.95. The van der Waals surface area contributed by atoms with Crippen molar-refractivity contribution < 1.29 is 0 Å². The summed E-state index contributed by atoms with van der Waals surface area (Å²) < 4.78 is 0.926. The summed E-state index contributed by atoms with van der Waals surface area (Å²) in [4.78, 5) is 7.38. The van der Waals surface area contributed by atoms with Crippen LogP contribution in [0.5, 0.6) is 0 Å². The van der Waals surface area contributed by atoms with Crippen LogP contribution in [0.15, 0.2) is 34.9 Å². The number of hydrogen-bond donors (Lipinski definition) is 0. The minimum Gasteiger partial charge on any atom is -0.360 e. The average Bonchev–Trinajstić information content (AvgIpc) is 2.19. The molecule has 0 bridgehead atoms. The third-order valence-electron chi connectivity index (χ3n) is 1.83. The molecule has 0 fully saturated rings. The Morgan fingerprint density at radius 3 is 2.62 bits per heavy atom. The van der Waals surface area contributed by atoms with Crippen LogP contribution in [0.2, 0.25) is 0 Å². The highest BCUT2D eigenvalue weighted by Crippen LogP contribution is 2.28. The van der Waals surface area contributed by atoms with Crippen molar-refractivity contribution in [2.45, 2.75) is 0 Å². The van der Waals surface area contributed by atoms with E-state index in [1.54, 1.807) is 6.20 Å². The summed E-state index contributed by atoms with van der Waals surface area (Å²) in [5.74, 6) is 0.457.